The number of aromatic nitrogens is 2. The summed E-state index contributed by atoms with van der Waals surface area (Å²) in [7, 11) is -3.83. The maximum Gasteiger partial charge on any atom is 0.573 e. The summed E-state index contributed by atoms with van der Waals surface area (Å²) in [6.07, 6.45) is -3.09. The molecule has 170 valence electrons. The first kappa shape index (κ1) is 22.6. The smallest absolute Gasteiger partial charge is 0.406 e. The van der Waals surface area contributed by atoms with Crippen LogP contribution in [0.1, 0.15) is 0 Å². The lowest BCUT2D eigenvalue weighted by atomic mass is 10.2. The first-order valence-electron chi connectivity index (χ1n) is 9.67. The highest BCUT2D eigenvalue weighted by molar-refractivity contribution is 7.89. The SMILES string of the molecule is O=S(=O)(c1ccc(OC(F)(F)F)cc1)N1CCN(Cn2ncc3ccccc3c2=S)CC1. The molecule has 0 N–H and O–H groups in total. The lowest BCUT2D eigenvalue weighted by molar-refractivity contribution is -0.274. The molecule has 0 amide bonds. The largest absolute Gasteiger partial charge is 0.573 e. The van der Waals surface area contributed by atoms with Gasteiger partial charge in [-0.3, -0.25) is 4.90 Å². The lowest BCUT2D eigenvalue weighted by Crippen LogP contribution is -2.49. The van der Waals surface area contributed by atoms with Gasteiger partial charge in [-0.25, -0.2) is 13.1 Å². The van der Waals surface area contributed by atoms with E-state index in [9.17, 15) is 21.6 Å². The number of sulfonamides is 1. The van der Waals surface area contributed by atoms with Crippen molar-refractivity contribution < 1.29 is 26.3 Å². The summed E-state index contributed by atoms with van der Waals surface area (Å²) in [5, 5.41) is 6.28. The molecule has 1 aliphatic heterocycles. The third-order valence-electron chi connectivity index (χ3n) is 5.12. The molecule has 0 bridgehead atoms. The van der Waals surface area contributed by atoms with Crippen molar-refractivity contribution in [2.45, 2.75) is 17.9 Å². The Kier molecular flexibility index (Phi) is 6.21. The van der Waals surface area contributed by atoms with Crippen LogP contribution in [0.4, 0.5) is 13.2 Å². The highest BCUT2D eigenvalue weighted by Gasteiger charge is 2.32. The summed E-state index contributed by atoms with van der Waals surface area (Å²) in [6, 6.07) is 11.9. The van der Waals surface area contributed by atoms with Gasteiger partial charge in [0.1, 0.15) is 10.4 Å². The zero-order chi connectivity index (χ0) is 22.9. The van der Waals surface area contributed by atoms with Gasteiger partial charge in [0.25, 0.3) is 0 Å². The topological polar surface area (TPSA) is 67.7 Å². The molecular formula is C20H19F3N4O3S2. The van der Waals surface area contributed by atoms with E-state index in [1.807, 2.05) is 29.2 Å². The van der Waals surface area contributed by atoms with Gasteiger partial charge >= 0.3 is 6.36 Å². The number of hydrogen-bond acceptors (Lipinski definition) is 6. The number of rotatable bonds is 5. The van der Waals surface area contributed by atoms with E-state index < -0.39 is 22.1 Å². The van der Waals surface area contributed by atoms with Crippen molar-refractivity contribution in [3.8, 4) is 5.75 Å². The number of piperazine rings is 1. The fourth-order valence-electron chi connectivity index (χ4n) is 3.49. The van der Waals surface area contributed by atoms with E-state index in [4.69, 9.17) is 12.2 Å². The zero-order valence-electron chi connectivity index (χ0n) is 16.7. The first-order chi connectivity index (χ1) is 15.1. The van der Waals surface area contributed by atoms with Crippen LogP contribution in [-0.4, -0.2) is 59.9 Å². The molecule has 1 fully saturated rings. The predicted molar refractivity (Wildman–Crippen MR) is 114 cm³/mol. The molecule has 1 saturated heterocycles. The van der Waals surface area contributed by atoms with Gasteiger partial charge in [0.15, 0.2) is 0 Å². The average Bonchev–Trinajstić information content (AvgIpc) is 2.75. The van der Waals surface area contributed by atoms with E-state index in [0.717, 1.165) is 35.0 Å². The molecule has 32 heavy (non-hydrogen) atoms. The number of alkyl halides is 3. The summed E-state index contributed by atoms with van der Waals surface area (Å²) in [6.45, 7) is 1.84. The van der Waals surface area contributed by atoms with Crippen LogP contribution in [0.15, 0.2) is 59.6 Å². The van der Waals surface area contributed by atoms with Gasteiger partial charge in [0, 0.05) is 37.0 Å². The Morgan fingerprint density at radius 1 is 1.00 bits per heavy atom. The molecule has 0 atom stereocenters. The second-order valence-electron chi connectivity index (χ2n) is 7.22. The van der Waals surface area contributed by atoms with Crippen molar-refractivity contribution in [2.24, 2.45) is 0 Å². The number of nitrogens with zero attached hydrogens (tertiary/aromatic N) is 4. The molecule has 12 heteroatoms. The molecule has 1 aromatic heterocycles. The Balaban J connectivity index is 1.41. The molecule has 2 aromatic carbocycles. The maximum absolute atomic E-state index is 12.9. The summed E-state index contributed by atoms with van der Waals surface area (Å²) in [5.41, 5.74) is 0. The van der Waals surface area contributed by atoms with Gasteiger partial charge in [-0.1, -0.05) is 36.5 Å². The Morgan fingerprint density at radius 3 is 2.31 bits per heavy atom. The van der Waals surface area contributed by atoms with E-state index in [-0.39, 0.29) is 18.0 Å². The Bertz CT molecular complexity index is 1270. The van der Waals surface area contributed by atoms with Crippen LogP contribution in [0.2, 0.25) is 0 Å². The van der Waals surface area contributed by atoms with E-state index in [1.54, 1.807) is 10.9 Å². The monoisotopic (exact) mass is 484 g/mol. The third kappa shape index (κ3) is 4.93. The van der Waals surface area contributed by atoms with Crippen LogP contribution in [0, 0.1) is 4.64 Å². The molecule has 2 heterocycles. The number of halogens is 3. The number of ether oxygens (including phenoxy) is 1. The van der Waals surface area contributed by atoms with Crippen LogP contribution in [0.3, 0.4) is 0 Å². The summed E-state index contributed by atoms with van der Waals surface area (Å²) in [5.74, 6) is -0.471. The Morgan fingerprint density at radius 2 is 1.66 bits per heavy atom. The minimum atomic E-state index is -4.83. The van der Waals surface area contributed by atoms with Gasteiger partial charge in [-0.15, -0.1) is 13.2 Å². The van der Waals surface area contributed by atoms with E-state index in [0.29, 0.717) is 24.4 Å². The van der Waals surface area contributed by atoms with E-state index in [2.05, 4.69) is 9.84 Å². The molecule has 0 radical (unpaired) electrons. The van der Waals surface area contributed by atoms with Gasteiger partial charge in [0.05, 0.1) is 17.8 Å². The molecule has 7 nitrogen and oxygen atoms in total. The van der Waals surface area contributed by atoms with Crippen LogP contribution in [0.5, 0.6) is 5.75 Å². The van der Waals surface area contributed by atoms with Crippen LogP contribution in [0.25, 0.3) is 10.8 Å². The van der Waals surface area contributed by atoms with Crippen LogP contribution < -0.4 is 4.74 Å². The van der Waals surface area contributed by atoms with Crippen molar-refractivity contribution in [1.29, 1.82) is 0 Å². The standard InChI is InChI=1S/C20H19F3N4O3S2/c21-20(22,23)30-16-5-7-17(8-6-16)32(28,29)26-11-9-25(10-12-26)14-27-19(31)18-4-2-1-3-15(18)13-24-27/h1-8,13H,9-12,14H2. The second-order valence-corrected chi connectivity index (χ2v) is 9.54. The van der Waals surface area contributed by atoms with Crippen LogP contribution in [-0.2, 0) is 16.7 Å². The normalized spacial score (nSPS) is 16.3. The van der Waals surface area contributed by atoms with Crippen molar-refractivity contribution in [2.75, 3.05) is 26.2 Å². The van der Waals surface area contributed by atoms with Crippen molar-refractivity contribution in [1.82, 2.24) is 19.0 Å². The zero-order valence-corrected chi connectivity index (χ0v) is 18.3. The quantitative estimate of drug-likeness (QED) is 0.516. The average molecular weight is 485 g/mol. The molecule has 0 unspecified atom stereocenters. The van der Waals surface area contributed by atoms with E-state index >= 15 is 0 Å². The molecular weight excluding hydrogens is 465 g/mol. The molecule has 1 aliphatic rings. The Hall–Kier alpha value is -2.54. The van der Waals surface area contributed by atoms with Gasteiger partial charge < -0.3 is 4.74 Å². The highest BCUT2D eigenvalue weighted by atomic mass is 32.2. The maximum atomic E-state index is 12.9. The fourth-order valence-corrected chi connectivity index (χ4v) is 5.20. The van der Waals surface area contributed by atoms with Crippen LogP contribution >= 0.6 is 12.2 Å². The second kappa shape index (κ2) is 8.77. The molecule has 0 aliphatic carbocycles. The molecule has 0 spiro atoms. The molecule has 0 saturated carbocycles. The summed E-state index contributed by atoms with van der Waals surface area (Å²) < 4.78 is 70.0. The van der Waals surface area contributed by atoms with Crippen molar-refractivity contribution >= 4 is 33.0 Å². The lowest BCUT2D eigenvalue weighted by Gasteiger charge is -2.34. The highest BCUT2D eigenvalue weighted by Crippen LogP contribution is 2.25. The third-order valence-corrected chi connectivity index (χ3v) is 7.47. The predicted octanol–water partition coefficient (Wildman–Crippen LogP) is 3.63. The number of fused-ring (bicyclic) bond motifs is 1. The summed E-state index contributed by atoms with van der Waals surface area (Å²) in [4.78, 5) is 1.96. The number of hydrogen-bond donors (Lipinski definition) is 0. The first-order valence-corrected chi connectivity index (χ1v) is 11.5. The Labute approximate surface area is 187 Å². The number of benzene rings is 2. The molecule has 4 rings (SSSR count). The van der Waals surface area contributed by atoms with Gasteiger partial charge in [-0.05, 0) is 24.3 Å². The van der Waals surface area contributed by atoms with E-state index in [1.165, 1.54) is 4.31 Å². The minimum absolute atomic E-state index is 0.0844. The van der Waals surface area contributed by atoms with Gasteiger partial charge in [-0.2, -0.15) is 9.40 Å². The fraction of sp³-hybridized carbons (Fsp3) is 0.300. The molecule has 3 aromatic rings. The summed E-state index contributed by atoms with van der Waals surface area (Å²) >= 11 is 5.54. The van der Waals surface area contributed by atoms with Crippen molar-refractivity contribution in [3.63, 3.8) is 0 Å². The van der Waals surface area contributed by atoms with Crippen molar-refractivity contribution in [3.05, 3.63) is 59.4 Å². The van der Waals surface area contributed by atoms with Gasteiger partial charge in [0.2, 0.25) is 10.0 Å². The minimum Gasteiger partial charge on any atom is -0.406 e.